The molecule has 0 saturated carbocycles. The molecule has 0 amide bonds. The maximum atomic E-state index is 5.63. The number of methoxy groups -OCH3 is 1. The van der Waals surface area contributed by atoms with Crippen molar-refractivity contribution in [3.05, 3.63) is 28.2 Å². The molecule has 0 atom stereocenters. The zero-order valence-electron chi connectivity index (χ0n) is 13.0. The highest BCUT2D eigenvalue weighted by Gasteiger charge is 2.56. The number of hydrogen-bond acceptors (Lipinski definition) is 3. The van der Waals surface area contributed by atoms with Gasteiger partial charge in [-0.05, 0) is 35.4 Å². The quantitative estimate of drug-likeness (QED) is 0.811. The van der Waals surface area contributed by atoms with Crippen LogP contribution in [0, 0.1) is 10.8 Å². The highest BCUT2D eigenvalue weighted by molar-refractivity contribution is 9.10. The average Bonchev–Trinajstić information content (AvgIpc) is 2.35. The maximum Gasteiger partial charge on any atom is 0.125 e. The summed E-state index contributed by atoms with van der Waals surface area (Å²) < 4.78 is 6.76. The van der Waals surface area contributed by atoms with Gasteiger partial charge in [-0.2, -0.15) is 0 Å². The lowest BCUT2D eigenvalue weighted by Crippen LogP contribution is -2.70. The van der Waals surface area contributed by atoms with Crippen LogP contribution < -0.4 is 4.74 Å². The minimum absolute atomic E-state index is 0.374. The summed E-state index contributed by atoms with van der Waals surface area (Å²) in [4.78, 5) is 5.33. The van der Waals surface area contributed by atoms with Crippen LogP contribution in [0.2, 0.25) is 0 Å². The summed E-state index contributed by atoms with van der Waals surface area (Å²) in [7, 11) is 1.77. The van der Waals surface area contributed by atoms with Gasteiger partial charge in [0.1, 0.15) is 5.75 Å². The largest absolute Gasteiger partial charge is 0.496 e. The smallest absolute Gasteiger partial charge is 0.125 e. The minimum Gasteiger partial charge on any atom is -0.496 e. The molecular formula is C17H23BrN2O. The topological polar surface area (TPSA) is 15.7 Å². The van der Waals surface area contributed by atoms with Gasteiger partial charge in [0.05, 0.1) is 13.3 Å². The first-order valence-electron chi connectivity index (χ1n) is 7.73. The van der Waals surface area contributed by atoms with Crippen LogP contribution in [0.4, 0.5) is 0 Å². The van der Waals surface area contributed by atoms with Crippen LogP contribution in [0.1, 0.15) is 32.0 Å². The molecule has 114 valence electrons. The Labute approximate surface area is 135 Å². The third kappa shape index (κ3) is 2.14. The molecule has 0 unspecified atom stereocenters. The summed E-state index contributed by atoms with van der Waals surface area (Å²) >= 11 is 3.62. The lowest BCUT2D eigenvalue weighted by atomic mass is 9.63. The molecule has 1 aromatic rings. The van der Waals surface area contributed by atoms with Gasteiger partial charge in [-0.1, -0.05) is 29.8 Å². The second kappa shape index (κ2) is 4.46. The highest BCUT2D eigenvalue weighted by Crippen LogP contribution is 2.55. The average molecular weight is 351 g/mol. The van der Waals surface area contributed by atoms with E-state index in [1.807, 2.05) is 0 Å². The van der Waals surface area contributed by atoms with Crippen LogP contribution in [0.3, 0.4) is 0 Å². The summed E-state index contributed by atoms with van der Waals surface area (Å²) in [5, 5.41) is 0. The molecule has 4 bridgehead atoms. The number of ether oxygens (including phenoxy) is 1. The molecule has 4 heteroatoms. The van der Waals surface area contributed by atoms with Crippen LogP contribution in [-0.2, 0) is 0 Å². The first kappa shape index (κ1) is 14.0. The predicted octanol–water partition coefficient (Wildman–Crippen LogP) is 3.50. The normalized spacial score (nSPS) is 44.1. The van der Waals surface area contributed by atoms with Gasteiger partial charge in [0.15, 0.2) is 0 Å². The molecule has 0 N–H and O–H groups in total. The maximum absolute atomic E-state index is 5.63. The minimum atomic E-state index is 0.374. The van der Waals surface area contributed by atoms with E-state index in [9.17, 15) is 0 Å². The van der Waals surface area contributed by atoms with Crippen molar-refractivity contribution in [2.24, 2.45) is 10.8 Å². The number of hydrogen-bond donors (Lipinski definition) is 0. The third-order valence-electron chi connectivity index (χ3n) is 5.35. The molecule has 4 fully saturated rings. The van der Waals surface area contributed by atoms with Gasteiger partial charge in [0.25, 0.3) is 0 Å². The predicted molar refractivity (Wildman–Crippen MR) is 87.4 cm³/mol. The molecule has 21 heavy (non-hydrogen) atoms. The number of nitrogens with zero attached hydrogens (tertiary/aromatic N) is 2. The molecule has 0 radical (unpaired) electrons. The monoisotopic (exact) mass is 350 g/mol. The third-order valence-corrected chi connectivity index (χ3v) is 5.85. The van der Waals surface area contributed by atoms with Gasteiger partial charge in [-0.25, -0.2) is 0 Å². The van der Waals surface area contributed by atoms with Crippen molar-refractivity contribution in [2.75, 3.05) is 33.3 Å². The Hall–Kier alpha value is -0.580. The van der Waals surface area contributed by atoms with E-state index in [1.54, 1.807) is 7.11 Å². The van der Waals surface area contributed by atoms with E-state index in [0.717, 1.165) is 10.2 Å². The van der Waals surface area contributed by atoms with E-state index in [0.29, 0.717) is 17.0 Å². The van der Waals surface area contributed by atoms with Gasteiger partial charge < -0.3 is 4.74 Å². The zero-order valence-corrected chi connectivity index (χ0v) is 14.6. The molecule has 1 aromatic carbocycles. The molecule has 4 aliphatic heterocycles. The van der Waals surface area contributed by atoms with Crippen LogP contribution in [0.5, 0.6) is 5.75 Å². The Balaban J connectivity index is 1.76. The molecule has 5 rings (SSSR count). The fourth-order valence-electron chi connectivity index (χ4n) is 5.30. The van der Waals surface area contributed by atoms with Crippen molar-refractivity contribution >= 4 is 15.9 Å². The Morgan fingerprint density at radius 2 is 1.67 bits per heavy atom. The summed E-state index contributed by atoms with van der Waals surface area (Å²) in [5.41, 5.74) is 2.22. The number of benzene rings is 1. The molecule has 4 saturated heterocycles. The van der Waals surface area contributed by atoms with Crippen molar-refractivity contribution in [1.29, 1.82) is 0 Å². The van der Waals surface area contributed by atoms with Crippen molar-refractivity contribution in [3.63, 3.8) is 0 Å². The summed E-state index contributed by atoms with van der Waals surface area (Å²) in [6.45, 7) is 9.74. The lowest BCUT2D eigenvalue weighted by Gasteiger charge is -2.66. The summed E-state index contributed by atoms with van der Waals surface area (Å²) in [6, 6.07) is 6.37. The molecule has 0 aromatic heterocycles. The molecule has 0 spiro atoms. The molecule has 4 aliphatic rings. The standard InChI is InChI=1S/C17H23BrN2O/c1-16-7-17(2)10-19(8-16)15(20(9-16)11-17)13-6-12(18)4-5-14(13)21-3/h4-6,15H,7-11H2,1-3H3. The van der Waals surface area contributed by atoms with E-state index < -0.39 is 0 Å². The Morgan fingerprint density at radius 3 is 2.19 bits per heavy atom. The number of piperidine rings is 2. The van der Waals surface area contributed by atoms with Crippen LogP contribution in [0.25, 0.3) is 0 Å². The summed E-state index contributed by atoms with van der Waals surface area (Å²) in [6.07, 6.45) is 1.74. The first-order chi connectivity index (χ1) is 9.91. The Kier molecular flexibility index (Phi) is 2.98. The fraction of sp³-hybridized carbons (Fsp3) is 0.647. The van der Waals surface area contributed by atoms with Crippen molar-refractivity contribution in [3.8, 4) is 5.75 Å². The van der Waals surface area contributed by atoms with Gasteiger partial charge in [-0.15, -0.1) is 0 Å². The van der Waals surface area contributed by atoms with Gasteiger partial charge in [0, 0.05) is 36.2 Å². The van der Waals surface area contributed by atoms with E-state index in [-0.39, 0.29) is 0 Å². The highest BCUT2D eigenvalue weighted by atomic mass is 79.9. The molecular weight excluding hydrogens is 328 g/mol. The molecule has 3 nitrogen and oxygen atoms in total. The summed E-state index contributed by atoms with van der Waals surface area (Å²) in [5.74, 6) is 1.01. The van der Waals surface area contributed by atoms with Crippen molar-refractivity contribution < 1.29 is 4.74 Å². The van der Waals surface area contributed by atoms with E-state index >= 15 is 0 Å². The van der Waals surface area contributed by atoms with Crippen molar-refractivity contribution in [2.45, 2.75) is 26.4 Å². The van der Waals surface area contributed by atoms with E-state index in [2.05, 4.69) is 57.8 Å². The van der Waals surface area contributed by atoms with Gasteiger partial charge >= 0.3 is 0 Å². The second-order valence-corrected chi connectivity index (χ2v) is 8.78. The number of halogens is 1. The zero-order chi connectivity index (χ0) is 14.8. The van der Waals surface area contributed by atoms with Crippen LogP contribution in [-0.4, -0.2) is 43.1 Å². The first-order valence-corrected chi connectivity index (χ1v) is 8.52. The van der Waals surface area contributed by atoms with Gasteiger partial charge in [0.2, 0.25) is 0 Å². The molecule has 0 aliphatic carbocycles. The fourth-order valence-corrected chi connectivity index (χ4v) is 5.68. The van der Waals surface area contributed by atoms with Crippen molar-refractivity contribution in [1.82, 2.24) is 9.80 Å². The van der Waals surface area contributed by atoms with E-state index in [4.69, 9.17) is 4.74 Å². The van der Waals surface area contributed by atoms with E-state index in [1.165, 1.54) is 38.2 Å². The SMILES string of the molecule is COc1ccc(Br)cc1C1N2CC3(C)CN1CC(C)(C2)C3. The Morgan fingerprint density at radius 1 is 1.10 bits per heavy atom. The molecule has 4 heterocycles. The lowest BCUT2D eigenvalue weighted by molar-refractivity contribution is -0.194. The van der Waals surface area contributed by atoms with Crippen LogP contribution >= 0.6 is 15.9 Å². The number of rotatable bonds is 2. The Bertz CT molecular complexity index is 552. The second-order valence-electron chi connectivity index (χ2n) is 7.87. The van der Waals surface area contributed by atoms with Crippen LogP contribution in [0.15, 0.2) is 22.7 Å². The van der Waals surface area contributed by atoms with Gasteiger partial charge in [-0.3, -0.25) is 9.80 Å².